The molecular formula is C18H18FN5O2S. The number of amides is 1. The van der Waals surface area contributed by atoms with Crippen molar-refractivity contribution in [2.45, 2.75) is 24.1 Å². The van der Waals surface area contributed by atoms with Gasteiger partial charge in [0.1, 0.15) is 5.82 Å². The number of hydrogen-bond acceptors (Lipinski definition) is 6. The van der Waals surface area contributed by atoms with E-state index in [1.165, 1.54) is 23.9 Å². The van der Waals surface area contributed by atoms with Crippen molar-refractivity contribution in [3.63, 3.8) is 0 Å². The van der Waals surface area contributed by atoms with E-state index in [2.05, 4.69) is 20.6 Å². The highest BCUT2D eigenvalue weighted by molar-refractivity contribution is 7.99. The zero-order chi connectivity index (χ0) is 18.6. The van der Waals surface area contributed by atoms with E-state index < -0.39 is 0 Å². The van der Waals surface area contributed by atoms with Crippen LogP contribution in [0.1, 0.15) is 12.8 Å². The molecule has 0 unspecified atom stereocenters. The molecule has 0 bridgehead atoms. The lowest BCUT2D eigenvalue weighted by atomic mass is 10.1. The summed E-state index contributed by atoms with van der Waals surface area (Å²) < 4.78 is 20.2. The van der Waals surface area contributed by atoms with Gasteiger partial charge >= 0.3 is 0 Å². The third kappa shape index (κ3) is 4.25. The summed E-state index contributed by atoms with van der Waals surface area (Å²) in [5, 5.41) is 16.1. The third-order valence-electron chi connectivity index (χ3n) is 4.26. The number of fused-ring (bicyclic) bond motifs is 1. The number of carbonyl (C=O) groups is 1. The molecule has 1 saturated heterocycles. The Bertz CT molecular complexity index is 941. The van der Waals surface area contributed by atoms with E-state index in [1.807, 2.05) is 0 Å². The fraction of sp³-hybridized carbons (Fsp3) is 0.333. The first-order chi connectivity index (χ1) is 13.2. The van der Waals surface area contributed by atoms with Crippen molar-refractivity contribution in [1.29, 1.82) is 0 Å². The highest BCUT2D eigenvalue weighted by atomic mass is 32.2. The Hall–Kier alpha value is -2.52. The molecule has 2 aromatic heterocycles. The van der Waals surface area contributed by atoms with Crippen LogP contribution in [-0.4, -0.2) is 50.7 Å². The second-order valence-corrected chi connectivity index (χ2v) is 7.15. The van der Waals surface area contributed by atoms with Gasteiger partial charge < -0.3 is 10.1 Å². The van der Waals surface area contributed by atoms with Crippen LogP contribution in [0.25, 0.3) is 16.9 Å². The molecule has 4 rings (SSSR count). The molecule has 0 saturated carbocycles. The van der Waals surface area contributed by atoms with E-state index in [0.717, 1.165) is 25.0 Å². The number of carbonyl (C=O) groups excluding carboxylic acids is 1. The van der Waals surface area contributed by atoms with Crippen molar-refractivity contribution in [1.82, 2.24) is 25.1 Å². The molecule has 3 heterocycles. The lowest BCUT2D eigenvalue weighted by Gasteiger charge is -2.10. The summed E-state index contributed by atoms with van der Waals surface area (Å²) in [5.41, 5.74) is 2.05. The van der Waals surface area contributed by atoms with E-state index >= 15 is 0 Å². The molecule has 0 radical (unpaired) electrons. The Morgan fingerprint density at radius 1 is 1.26 bits per heavy atom. The lowest BCUT2D eigenvalue weighted by molar-refractivity contribution is -0.119. The smallest absolute Gasteiger partial charge is 0.230 e. The molecule has 1 aromatic carbocycles. The molecule has 7 nitrogen and oxygen atoms in total. The minimum atomic E-state index is -0.297. The van der Waals surface area contributed by atoms with Crippen LogP contribution in [0.2, 0.25) is 0 Å². The van der Waals surface area contributed by atoms with Crippen molar-refractivity contribution in [3.05, 3.63) is 42.2 Å². The van der Waals surface area contributed by atoms with Gasteiger partial charge in [0.05, 0.1) is 17.6 Å². The van der Waals surface area contributed by atoms with E-state index in [0.29, 0.717) is 23.0 Å². The SMILES string of the molecule is O=C(CSc1nnc2ccc(-c3ccc(F)cc3)nn12)NC[C@H]1CCCO1. The van der Waals surface area contributed by atoms with Crippen molar-refractivity contribution in [3.8, 4) is 11.3 Å². The number of halogens is 1. The second kappa shape index (κ2) is 8.01. The van der Waals surface area contributed by atoms with Crippen LogP contribution in [0.15, 0.2) is 41.6 Å². The van der Waals surface area contributed by atoms with Crippen LogP contribution in [-0.2, 0) is 9.53 Å². The van der Waals surface area contributed by atoms with Crippen LogP contribution in [0.5, 0.6) is 0 Å². The van der Waals surface area contributed by atoms with Gasteiger partial charge in [-0.15, -0.1) is 10.2 Å². The number of nitrogens with one attached hydrogen (secondary N) is 1. The molecule has 3 aromatic rings. The van der Waals surface area contributed by atoms with Gasteiger partial charge in [-0.2, -0.15) is 9.61 Å². The summed E-state index contributed by atoms with van der Waals surface area (Å²) in [7, 11) is 0. The first-order valence-corrected chi connectivity index (χ1v) is 9.67. The van der Waals surface area contributed by atoms with Crippen molar-refractivity contribution in [2.24, 2.45) is 0 Å². The topological polar surface area (TPSA) is 81.4 Å². The summed E-state index contributed by atoms with van der Waals surface area (Å²) in [5.74, 6) is -0.160. The Morgan fingerprint density at radius 3 is 2.89 bits per heavy atom. The maximum absolute atomic E-state index is 13.1. The van der Waals surface area contributed by atoms with Gasteiger partial charge in [0, 0.05) is 18.7 Å². The first kappa shape index (κ1) is 17.9. The Labute approximate surface area is 159 Å². The summed E-state index contributed by atoms with van der Waals surface area (Å²) in [4.78, 5) is 12.1. The van der Waals surface area contributed by atoms with Crippen molar-refractivity contribution in [2.75, 3.05) is 18.9 Å². The summed E-state index contributed by atoms with van der Waals surface area (Å²) in [6.07, 6.45) is 2.15. The number of ether oxygens (including phenoxy) is 1. The van der Waals surface area contributed by atoms with E-state index in [-0.39, 0.29) is 23.6 Å². The van der Waals surface area contributed by atoms with Crippen molar-refractivity contribution < 1.29 is 13.9 Å². The van der Waals surface area contributed by atoms with E-state index in [9.17, 15) is 9.18 Å². The first-order valence-electron chi connectivity index (χ1n) is 8.68. The van der Waals surface area contributed by atoms with Gasteiger partial charge in [-0.25, -0.2) is 4.39 Å². The minimum Gasteiger partial charge on any atom is -0.376 e. The molecule has 1 aliphatic heterocycles. The molecule has 0 aliphatic carbocycles. The normalized spacial score (nSPS) is 16.7. The van der Waals surface area contributed by atoms with E-state index in [1.54, 1.807) is 28.8 Å². The summed E-state index contributed by atoms with van der Waals surface area (Å²) in [6.45, 7) is 1.30. The largest absolute Gasteiger partial charge is 0.376 e. The average Bonchev–Trinajstić information content (AvgIpc) is 3.34. The number of benzene rings is 1. The molecule has 140 valence electrons. The predicted octanol–water partition coefficient (Wildman–Crippen LogP) is 2.32. The fourth-order valence-electron chi connectivity index (χ4n) is 2.85. The van der Waals surface area contributed by atoms with Crippen molar-refractivity contribution >= 4 is 23.3 Å². The zero-order valence-corrected chi connectivity index (χ0v) is 15.3. The number of rotatable bonds is 6. The van der Waals surface area contributed by atoms with Gasteiger partial charge in [-0.3, -0.25) is 4.79 Å². The second-order valence-electron chi connectivity index (χ2n) is 6.21. The highest BCUT2D eigenvalue weighted by Crippen LogP contribution is 2.21. The average molecular weight is 387 g/mol. The molecule has 9 heteroatoms. The quantitative estimate of drug-likeness (QED) is 0.654. The number of thioether (sulfide) groups is 1. The molecule has 0 spiro atoms. The van der Waals surface area contributed by atoms with Crippen LogP contribution in [0.3, 0.4) is 0 Å². The Kier molecular flexibility index (Phi) is 5.30. The highest BCUT2D eigenvalue weighted by Gasteiger charge is 2.17. The Morgan fingerprint density at radius 2 is 2.11 bits per heavy atom. The predicted molar refractivity (Wildman–Crippen MR) is 98.9 cm³/mol. The lowest BCUT2D eigenvalue weighted by Crippen LogP contribution is -2.32. The van der Waals surface area contributed by atoms with Crippen LogP contribution < -0.4 is 5.32 Å². The molecule has 1 atom stereocenters. The summed E-state index contributed by atoms with van der Waals surface area (Å²) >= 11 is 1.27. The molecule has 1 aliphatic rings. The molecule has 1 fully saturated rings. The van der Waals surface area contributed by atoms with Crippen LogP contribution >= 0.6 is 11.8 Å². The zero-order valence-electron chi connectivity index (χ0n) is 14.5. The Balaban J connectivity index is 1.43. The van der Waals surface area contributed by atoms with Crippen LogP contribution in [0.4, 0.5) is 4.39 Å². The maximum atomic E-state index is 13.1. The maximum Gasteiger partial charge on any atom is 0.230 e. The van der Waals surface area contributed by atoms with Gasteiger partial charge in [-0.05, 0) is 49.2 Å². The minimum absolute atomic E-state index is 0.0815. The van der Waals surface area contributed by atoms with Crippen LogP contribution in [0, 0.1) is 5.82 Å². The number of hydrogen-bond donors (Lipinski definition) is 1. The number of aromatic nitrogens is 4. The fourth-order valence-corrected chi connectivity index (χ4v) is 3.57. The molecule has 27 heavy (non-hydrogen) atoms. The van der Waals surface area contributed by atoms with Gasteiger partial charge in [0.15, 0.2) is 5.65 Å². The standard InChI is InChI=1S/C18H18FN5O2S/c19-13-5-3-12(4-6-13)15-7-8-16-21-22-18(24(16)23-15)27-11-17(25)20-10-14-2-1-9-26-14/h3-8,14H,1-2,9-11H2,(H,20,25)/t14-/m1/s1. The molecule has 1 amide bonds. The van der Waals surface area contributed by atoms with Gasteiger partial charge in [0.25, 0.3) is 0 Å². The number of nitrogens with zero attached hydrogens (tertiary/aromatic N) is 4. The third-order valence-corrected chi connectivity index (χ3v) is 5.18. The summed E-state index contributed by atoms with van der Waals surface area (Å²) in [6, 6.07) is 9.71. The molecular weight excluding hydrogens is 369 g/mol. The van der Waals surface area contributed by atoms with E-state index in [4.69, 9.17) is 4.74 Å². The monoisotopic (exact) mass is 387 g/mol. The molecule has 1 N–H and O–H groups in total. The van der Waals surface area contributed by atoms with Gasteiger partial charge in [0.2, 0.25) is 11.1 Å². The van der Waals surface area contributed by atoms with Gasteiger partial charge in [-0.1, -0.05) is 11.8 Å².